The van der Waals surface area contributed by atoms with Crippen LogP contribution in [0.1, 0.15) is 12.5 Å². The van der Waals surface area contributed by atoms with Gasteiger partial charge in [-0.25, -0.2) is 13.2 Å². The minimum absolute atomic E-state index is 0.00300. The molecular weight excluding hydrogens is 428 g/mol. The van der Waals surface area contributed by atoms with E-state index in [1.165, 1.54) is 12.3 Å². The molecule has 8 nitrogen and oxygen atoms in total. The first-order valence-corrected chi connectivity index (χ1v) is 11.7. The van der Waals surface area contributed by atoms with Crippen LogP contribution in [0.15, 0.2) is 77.1 Å². The molecule has 2 heterocycles. The fourth-order valence-electron chi connectivity index (χ4n) is 3.95. The van der Waals surface area contributed by atoms with E-state index in [1.54, 1.807) is 47.4 Å². The van der Waals surface area contributed by atoms with E-state index in [0.29, 0.717) is 29.9 Å². The molecule has 0 saturated carbocycles. The van der Waals surface area contributed by atoms with Crippen molar-refractivity contribution in [3.05, 3.63) is 83.4 Å². The topological polar surface area (TPSA) is 104 Å². The van der Waals surface area contributed by atoms with Gasteiger partial charge in [0.2, 0.25) is 5.91 Å². The molecule has 0 saturated heterocycles. The molecule has 1 aliphatic heterocycles. The summed E-state index contributed by atoms with van der Waals surface area (Å²) in [7, 11) is -4.11. The van der Waals surface area contributed by atoms with Gasteiger partial charge in [-0.3, -0.25) is 4.79 Å². The zero-order chi connectivity index (χ0) is 22.9. The van der Waals surface area contributed by atoms with Crippen LogP contribution in [0.4, 0.5) is 5.69 Å². The van der Waals surface area contributed by atoms with Crippen LogP contribution < -0.4 is 15.9 Å². The number of aromatic amines is 1. The highest BCUT2D eigenvalue weighted by molar-refractivity contribution is 7.90. The van der Waals surface area contributed by atoms with Crippen molar-refractivity contribution < 1.29 is 13.2 Å². The van der Waals surface area contributed by atoms with Crippen molar-refractivity contribution in [3.8, 4) is 11.3 Å². The third-order valence-corrected chi connectivity index (χ3v) is 7.07. The number of carbonyl (C=O) groups excluding carboxylic acids is 1. The maximum Gasteiger partial charge on any atom is 0.340 e. The summed E-state index contributed by atoms with van der Waals surface area (Å²) in [6.45, 7) is 6.22. The van der Waals surface area contributed by atoms with Crippen LogP contribution in [0.5, 0.6) is 0 Å². The second-order valence-corrected chi connectivity index (χ2v) is 9.48. The number of amides is 1. The number of fused-ring (bicyclic) bond motifs is 1. The zero-order valence-electron chi connectivity index (χ0n) is 17.6. The standard InChI is InChI=1S/C23H24N4O4S/c1-3-11-24-14-22(28)27-16(2)12-18-13-19(9-10-21(18)27)32(30,31)26-15-20(25-23(26)29)17-7-5-4-6-8-17/h3-10,13,15-16,24H,1,11-12,14H2,2H3,(H,25,29). The monoisotopic (exact) mass is 452 g/mol. The summed E-state index contributed by atoms with van der Waals surface area (Å²) >= 11 is 0. The van der Waals surface area contributed by atoms with Crippen molar-refractivity contribution >= 4 is 21.6 Å². The predicted octanol–water partition coefficient (Wildman–Crippen LogP) is 2.13. The van der Waals surface area contributed by atoms with Gasteiger partial charge in [-0.1, -0.05) is 36.4 Å². The molecule has 0 bridgehead atoms. The Morgan fingerprint density at radius 3 is 2.72 bits per heavy atom. The molecule has 2 aromatic carbocycles. The van der Waals surface area contributed by atoms with Crippen LogP contribution >= 0.6 is 0 Å². The quantitative estimate of drug-likeness (QED) is 0.422. The highest BCUT2D eigenvalue weighted by Gasteiger charge is 2.32. The molecule has 166 valence electrons. The largest absolute Gasteiger partial charge is 0.340 e. The fourth-order valence-corrected chi connectivity index (χ4v) is 5.22. The number of carbonyl (C=O) groups is 1. The maximum atomic E-state index is 13.2. The molecule has 2 N–H and O–H groups in total. The van der Waals surface area contributed by atoms with E-state index in [1.807, 2.05) is 13.0 Å². The molecule has 1 aliphatic rings. The number of hydrogen-bond acceptors (Lipinski definition) is 5. The average Bonchev–Trinajstić information content (AvgIpc) is 3.33. The van der Waals surface area contributed by atoms with Gasteiger partial charge in [0.15, 0.2) is 0 Å². The number of rotatable bonds is 7. The van der Waals surface area contributed by atoms with Crippen molar-refractivity contribution in [2.75, 3.05) is 18.0 Å². The molecule has 0 radical (unpaired) electrons. The molecule has 3 aromatic rings. The van der Waals surface area contributed by atoms with E-state index >= 15 is 0 Å². The first-order chi connectivity index (χ1) is 15.3. The summed E-state index contributed by atoms with van der Waals surface area (Å²) in [5.74, 6) is -0.0944. The molecule has 0 fully saturated rings. The molecular formula is C23H24N4O4S. The van der Waals surface area contributed by atoms with Gasteiger partial charge in [0.1, 0.15) is 0 Å². The van der Waals surface area contributed by atoms with Gasteiger partial charge in [0.25, 0.3) is 10.0 Å². The van der Waals surface area contributed by atoms with Crippen LogP contribution in [-0.2, 0) is 21.2 Å². The Bertz CT molecular complexity index is 1330. The Hall–Kier alpha value is -3.43. The number of nitrogens with zero attached hydrogens (tertiary/aromatic N) is 2. The van der Waals surface area contributed by atoms with Crippen molar-refractivity contribution in [2.24, 2.45) is 0 Å². The summed E-state index contributed by atoms with van der Waals surface area (Å²) < 4.78 is 27.1. The normalized spacial score (nSPS) is 15.5. The van der Waals surface area contributed by atoms with E-state index in [9.17, 15) is 18.0 Å². The SMILES string of the molecule is C=CCNCC(=O)N1c2ccc(S(=O)(=O)n3cc(-c4ccccc4)[nH]c3=O)cc2CC1C. The third-order valence-electron chi connectivity index (χ3n) is 5.43. The number of anilines is 1. The van der Waals surface area contributed by atoms with Crippen LogP contribution in [0.3, 0.4) is 0 Å². The number of aromatic nitrogens is 2. The van der Waals surface area contributed by atoms with E-state index < -0.39 is 15.7 Å². The van der Waals surface area contributed by atoms with Crippen molar-refractivity contribution in [1.29, 1.82) is 0 Å². The molecule has 1 aromatic heterocycles. The lowest BCUT2D eigenvalue weighted by molar-refractivity contribution is -0.118. The Kier molecular flexibility index (Phi) is 5.86. The van der Waals surface area contributed by atoms with E-state index in [0.717, 1.165) is 9.54 Å². The first kappa shape index (κ1) is 21.8. The predicted molar refractivity (Wildman–Crippen MR) is 123 cm³/mol. The fraction of sp³-hybridized carbons (Fsp3) is 0.217. The van der Waals surface area contributed by atoms with E-state index in [4.69, 9.17) is 0 Å². The summed E-state index contributed by atoms with van der Waals surface area (Å²) in [5, 5.41) is 3.00. The van der Waals surface area contributed by atoms with Gasteiger partial charge in [-0.2, -0.15) is 3.97 Å². The van der Waals surface area contributed by atoms with Crippen LogP contribution in [0.2, 0.25) is 0 Å². The maximum absolute atomic E-state index is 13.2. The number of nitrogens with one attached hydrogen (secondary N) is 2. The van der Waals surface area contributed by atoms with E-state index in [2.05, 4.69) is 16.9 Å². The summed E-state index contributed by atoms with van der Waals surface area (Å²) in [4.78, 5) is 29.4. The molecule has 1 unspecified atom stereocenters. The minimum Gasteiger partial charge on any atom is -0.308 e. The van der Waals surface area contributed by atoms with E-state index in [-0.39, 0.29) is 23.4 Å². The van der Waals surface area contributed by atoms with Gasteiger partial charge in [-0.15, -0.1) is 6.58 Å². The summed E-state index contributed by atoms with van der Waals surface area (Å²) in [5.41, 5.74) is 1.83. The van der Waals surface area contributed by atoms with Gasteiger partial charge in [0, 0.05) is 18.3 Å². The van der Waals surface area contributed by atoms with Gasteiger partial charge in [-0.05, 0) is 42.7 Å². The number of imidazole rings is 1. The number of H-pyrrole nitrogens is 1. The van der Waals surface area contributed by atoms with Gasteiger partial charge < -0.3 is 15.2 Å². The van der Waals surface area contributed by atoms with Crippen LogP contribution in [0, 0.1) is 0 Å². The van der Waals surface area contributed by atoms with Crippen LogP contribution in [-0.4, -0.2) is 42.4 Å². The van der Waals surface area contributed by atoms with Crippen molar-refractivity contribution in [3.63, 3.8) is 0 Å². The van der Waals surface area contributed by atoms with Gasteiger partial charge in [0.05, 0.1) is 23.3 Å². The smallest absolute Gasteiger partial charge is 0.308 e. The molecule has 1 atom stereocenters. The Morgan fingerprint density at radius 2 is 2.00 bits per heavy atom. The Labute approximate surface area is 186 Å². The second-order valence-electron chi connectivity index (χ2n) is 7.67. The number of benzene rings is 2. The highest BCUT2D eigenvalue weighted by atomic mass is 32.2. The van der Waals surface area contributed by atoms with Crippen LogP contribution in [0.25, 0.3) is 11.3 Å². The summed E-state index contributed by atoms with van der Waals surface area (Å²) in [6, 6.07) is 13.5. The molecule has 0 spiro atoms. The molecule has 0 aliphatic carbocycles. The average molecular weight is 453 g/mol. The first-order valence-electron chi connectivity index (χ1n) is 10.2. The lowest BCUT2D eigenvalue weighted by atomic mass is 10.1. The second kappa shape index (κ2) is 8.60. The zero-order valence-corrected chi connectivity index (χ0v) is 18.4. The minimum atomic E-state index is -4.11. The molecule has 32 heavy (non-hydrogen) atoms. The third kappa shape index (κ3) is 3.92. The lowest BCUT2D eigenvalue weighted by Gasteiger charge is -2.23. The van der Waals surface area contributed by atoms with Crippen molar-refractivity contribution in [2.45, 2.75) is 24.3 Å². The molecule has 1 amide bonds. The van der Waals surface area contributed by atoms with Crippen molar-refractivity contribution in [1.82, 2.24) is 14.3 Å². The molecule has 4 rings (SSSR count). The number of hydrogen-bond donors (Lipinski definition) is 2. The Morgan fingerprint density at radius 1 is 1.25 bits per heavy atom. The summed E-state index contributed by atoms with van der Waals surface area (Å²) in [6.07, 6.45) is 3.51. The lowest BCUT2D eigenvalue weighted by Crippen LogP contribution is -2.41. The molecule has 9 heteroatoms. The van der Waals surface area contributed by atoms with Gasteiger partial charge >= 0.3 is 5.69 Å². The highest BCUT2D eigenvalue weighted by Crippen LogP contribution is 2.34. The Balaban J connectivity index is 1.65.